The zero-order valence-corrected chi connectivity index (χ0v) is 24.4. The van der Waals surface area contributed by atoms with Crippen molar-refractivity contribution < 1.29 is 19.1 Å². The molecule has 2 N–H and O–H groups in total. The van der Waals surface area contributed by atoms with Gasteiger partial charge in [-0.25, -0.2) is 15.0 Å². The molecule has 3 aromatic heterocycles. The SMILES string of the molecule is CNC(=O)c1cnc(NC(=O)C(C)(C)[C@@H]2c3ccc(C)nc3Oc3nc(-c4ccc(C(=O)N(C)C)cc4)ccc32)s1. The van der Waals surface area contributed by atoms with Gasteiger partial charge in [0.15, 0.2) is 5.13 Å². The van der Waals surface area contributed by atoms with Gasteiger partial charge >= 0.3 is 0 Å². The summed E-state index contributed by atoms with van der Waals surface area (Å²) in [6.45, 7) is 5.58. The minimum atomic E-state index is -0.986. The van der Waals surface area contributed by atoms with E-state index < -0.39 is 11.3 Å². The predicted molar refractivity (Wildman–Crippen MR) is 156 cm³/mol. The summed E-state index contributed by atoms with van der Waals surface area (Å²) in [6.07, 6.45) is 1.44. The summed E-state index contributed by atoms with van der Waals surface area (Å²) >= 11 is 1.11. The second-order valence-electron chi connectivity index (χ2n) is 10.5. The highest BCUT2D eigenvalue weighted by molar-refractivity contribution is 7.17. The van der Waals surface area contributed by atoms with Crippen LogP contribution in [-0.4, -0.2) is 58.7 Å². The molecule has 41 heavy (non-hydrogen) atoms. The number of nitrogens with zero attached hydrogens (tertiary/aromatic N) is 4. The number of pyridine rings is 2. The number of thiazole rings is 1. The molecule has 0 spiro atoms. The monoisotopic (exact) mass is 570 g/mol. The minimum Gasteiger partial charge on any atom is -0.420 e. The zero-order valence-electron chi connectivity index (χ0n) is 23.6. The first-order valence-electron chi connectivity index (χ1n) is 13.0. The number of nitrogens with one attached hydrogen (secondary N) is 2. The van der Waals surface area contributed by atoms with E-state index in [0.29, 0.717) is 33.0 Å². The van der Waals surface area contributed by atoms with Crippen molar-refractivity contribution >= 4 is 34.2 Å². The van der Waals surface area contributed by atoms with E-state index in [-0.39, 0.29) is 17.7 Å². The van der Waals surface area contributed by atoms with Crippen molar-refractivity contribution in [3.05, 3.63) is 82.0 Å². The summed E-state index contributed by atoms with van der Waals surface area (Å²) in [5.41, 5.74) is 3.37. The molecule has 1 aliphatic rings. The fourth-order valence-electron chi connectivity index (χ4n) is 4.79. The number of rotatable bonds is 6. The highest BCUT2D eigenvalue weighted by atomic mass is 32.1. The number of hydrogen-bond acceptors (Lipinski definition) is 8. The Kier molecular flexibility index (Phi) is 7.31. The minimum absolute atomic E-state index is 0.0812. The van der Waals surface area contributed by atoms with Crippen molar-refractivity contribution in [3.63, 3.8) is 0 Å². The van der Waals surface area contributed by atoms with Crippen LogP contribution in [0.2, 0.25) is 0 Å². The lowest BCUT2D eigenvalue weighted by atomic mass is 9.70. The van der Waals surface area contributed by atoms with Gasteiger partial charge in [-0.1, -0.05) is 49.4 Å². The van der Waals surface area contributed by atoms with Crippen LogP contribution in [-0.2, 0) is 4.79 Å². The van der Waals surface area contributed by atoms with Crippen LogP contribution in [0, 0.1) is 12.3 Å². The van der Waals surface area contributed by atoms with E-state index in [9.17, 15) is 14.4 Å². The van der Waals surface area contributed by atoms with Gasteiger partial charge in [0.05, 0.1) is 17.3 Å². The van der Waals surface area contributed by atoms with Crippen LogP contribution >= 0.6 is 11.3 Å². The Morgan fingerprint density at radius 3 is 2.27 bits per heavy atom. The van der Waals surface area contributed by atoms with Crippen molar-refractivity contribution in [1.29, 1.82) is 0 Å². The summed E-state index contributed by atoms with van der Waals surface area (Å²) in [5.74, 6) is -0.293. The number of carbonyl (C=O) groups excluding carboxylic acids is 3. The van der Waals surface area contributed by atoms with Gasteiger partial charge in [-0.05, 0) is 31.2 Å². The molecule has 0 unspecified atom stereocenters. The summed E-state index contributed by atoms with van der Waals surface area (Å²) in [4.78, 5) is 53.6. The number of ether oxygens (including phenoxy) is 1. The van der Waals surface area contributed by atoms with Gasteiger partial charge in [0.2, 0.25) is 17.7 Å². The summed E-state index contributed by atoms with van der Waals surface area (Å²) in [6, 6.07) is 14.9. The third-order valence-corrected chi connectivity index (χ3v) is 7.96. The fraction of sp³-hybridized carbons (Fsp3) is 0.267. The second-order valence-corrected chi connectivity index (χ2v) is 11.6. The van der Waals surface area contributed by atoms with Crippen molar-refractivity contribution in [2.45, 2.75) is 26.7 Å². The van der Waals surface area contributed by atoms with Gasteiger partial charge in [-0.15, -0.1) is 0 Å². The Labute approximate surface area is 241 Å². The Morgan fingerprint density at radius 1 is 0.951 bits per heavy atom. The summed E-state index contributed by atoms with van der Waals surface area (Å²) in [7, 11) is 4.96. The molecular formula is C30H30N6O4S. The first-order valence-corrected chi connectivity index (χ1v) is 13.8. The van der Waals surface area contributed by atoms with Gasteiger partial charge in [-0.3, -0.25) is 14.4 Å². The number of aryl methyl sites for hydroxylation is 1. The van der Waals surface area contributed by atoms with Gasteiger partial charge in [0, 0.05) is 55.0 Å². The molecule has 10 nitrogen and oxygen atoms in total. The molecule has 1 aromatic carbocycles. The highest BCUT2D eigenvalue weighted by Gasteiger charge is 2.45. The molecule has 1 atom stereocenters. The average Bonchev–Trinajstić information content (AvgIpc) is 3.43. The lowest BCUT2D eigenvalue weighted by Crippen LogP contribution is -2.38. The predicted octanol–water partition coefficient (Wildman–Crippen LogP) is 4.87. The molecule has 4 aromatic rings. The number of aromatic nitrogens is 3. The molecule has 0 radical (unpaired) electrons. The van der Waals surface area contributed by atoms with Gasteiger partial charge < -0.3 is 20.3 Å². The Morgan fingerprint density at radius 2 is 1.61 bits per heavy atom. The largest absolute Gasteiger partial charge is 0.420 e. The fourth-order valence-corrected chi connectivity index (χ4v) is 5.54. The van der Waals surface area contributed by atoms with E-state index in [0.717, 1.165) is 33.7 Å². The van der Waals surface area contributed by atoms with Crippen LogP contribution in [0.25, 0.3) is 11.3 Å². The molecule has 0 fully saturated rings. The van der Waals surface area contributed by atoms with Crippen LogP contribution in [0.4, 0.5) is 5.13 Å². The Balaban J connectivity index is 1.51. The van der Waals surface area contributed by atoms with E-state index >= 15 is 0 Å². The molecule has 1 aliphatic heterocycles. The zero-order chi connectivity index (χ0) is 29.5. The molecular weight excluding hydrogens is 540 g/mol. The Bertz CT molecular complexity index is 1660. The third kappa shape index (κ3) is 5.28. The first kappa shape index (κ1) is 27.9. The van der Waals surface area contributed by atoms with Gasteiger partial charge in [0.25, 0.3) is 11.8 Å². The van der Waals surface area contributed by atoms with Gasteiger partial charge in [-0.2, -0.15) is 0 Å². The van der Waals surface area contributed by atoms with E-state index in [1.54, 1.807) is 33.3 Å². The van der Waals surface area contributed by atoms with E-state index in [2.05, 4.69) is 20.6 Å². The quantitative estimate of drug-likeness (QED) is 0.339. The maximum atomic E-state index is 13.7. The van der Waals surface area contributed by atoms with Crippen molar-refractivity contribution in [2.24, 2.45) is 5.41 Å². The van der Waals surface area contributed by atoms with Crippen LogP contribution in [0.15, 0.2) is 54.7 Å². The van der Waals surface area contributed by atoms with Crippen LogP contribution in [0.3, 0.4) is 0 Å². The van der Waals surface area contributed by atoms with Crippen molar-refractivity contribution in [3.8, 4) is 23.0 Å². The third-order valence-electron chi connectivity index (χ3n) is 7.05. The molecule has 0 bridgehead atoms. The molecule has 5 rings (SSSR count). The van der Waals surface area contributed by atoms with Crippen molar-refractivity contribution in [1.82, 2.24) is 25.2 Å². The van der Waals surface area contributed by atoms with Crippen LogP contribution in [0.1, 0.15) is 56.6 Å². The molecule has 4 heterocycles. The standard InChI is InChI=1S/C30H30N6O4S/c1-16-7-12-19-23(30(2,3)28(39)35-29-32-15-22(41-29)24(37)31-4)20-13-14-21(34-26(20)40-25(19)33-16)17-8-10-18(11-9-17)27(38)36(5)6/h7-15,23H,1-6H3,(H,31,37)(H,32,35,39)/t23-/m1/s1. The highest BCUT2D eigenvalue weighted by Crippen LogP contribution is 2.51. The summed E-state index contributed by atoms with van der Waals surface area (Å²) < 4.78 is 6.21. The second kappa shape index (κ2) is 10.7. The number of carbonyl (C=O) groups is 3. The molecule has 0 aliphatic carbocycles. The lowest BCUT2D eigenvalue weighted by molar-refractivity contribution is -0.124. The number of amides is 3. The van der Waals surface area contributed by atoms with Gasteiger partial charge in [0.1, 0.15) is 4.88 Å². The smallest absolute Gasteiger partial charge is 0.262 e. The average molecular weight is 571 g/mol. The number of anilines is 1. The first-order chi connectivity index (χ1) is 19.5. The van der Waals surface area contributed by atoms with Crippen LogP contribution in [0.5, 0.6) is 11.8 Å². The molecule has 11 heteroatoms. The van der Waals surface area contributed by atoms with E-state index in [1.165, 1.54) is 11.1 Å². The molecule has 0 saturated carbocycles. The van der Waals surface area contributed by atoms with Crippen molar-refractivity contribution in [2.75, 3.05) is 26.5 Å². The Hall–Kier alpha value is -4.64. The topological polar surface area (TPSA) is 126 Å². The lowest BCUT2D eigenvalue weighted by Gasteiger charge is -2.37. The van der Waals surface area contributed by atoms with E-state index in [1.807, 2.05) is 57.2 Å². The maximum absolute atomic E-state index is 13.7. The number of hydrogen-bond donors (Lipinski definition) is 2. The van der Waals surface area contributed by atoms with E-state index in [4.69, 9.17) is 9.72 Å². The van der Waals surface area contributed by atoms with Crippen LogP contribution < -0.4 is 15.4 Å². The number of fused-ring (bicyclic) bond motifs is 2. The molecule has 210 valence electrons. The molecule has 0 saturated heterocycles. The number of benzene rings is 1. The summed E-state index contributed by atoms with van der Waals surface area (Å²) in [5, 5.41) is 5.78. The maximum Gasteiger partial charge on any atom is 0.262 e. The normalized spacial score (nSPS) is 13.9. The molecule has 3 amide bonds.